The molecular formula is C13H13F4N3O4. The number of benzene rings is 1. The lowest BCUT2D eigenvalue weighted by atomic mass is 9.82. The van der Waals surface area contributed by atoms with Crippen LogP contribution in [0.1, 0.15) is 12.5 Å². The molecule has 0 saturated heterocycles. The molecule has 0 aliphatic carbocycles. The van der Waals surface area contributed by atoms with E-state index in [0.29, 0.717) is 0 Å². The second-order valence-corrected chi connectivity index (χ2v) is 5.26. The molecule has 3 atom stereocenters. The van der Waals surface area contributed by atoms with Gasteiger partial charge in [-0.05, 0) is 13.0 Å². The summed E-state index contributed by atoms with van der Waals surface area (Å²) in [5, 5.41) is 10.9. The third kappa shape index (κ3) is 2.98. The number of nitro benzene ring substituents is 1. The summed E-state index contributed by atoms with van der Waals surface area (Å²) in [7, 11) is 0.970. The number of nitrogens with zero attached hydrogens (tertiary/aromatic N) is 2. The minimum absolute atomic E-state index is 0.455. The maximum Gasteiger partial charge on any atom is 0.428 e. The summed E-state index contributed by atoms with van der Waals surface area (Å²) in [5.41, 5.74) is 2.37. The Morgan fingerprint density at radius 3 is 2.58 bits per heavy atom. The van der Waals surface area contributed by atoms with E-state index in [1.165, 1.54) is 0 Å². The van der Waals surface area contributed by atoms with Crippen LogP contribution in [-0.2, 0) is 15.0 Å². The fraction of sp³-hybridized carbons (Fsp3) is 0.462. The van der Waals surface area contributed by atoms with Gasteiger partial charge in [0.15, 0.2) is 0 Å². The van der Waals surface area contributed by atoms with E-state index in [1.807, 2.05) is 0 Å². The molecule has 0 saturated carbocycles. The minimum atomic E-state index is -4.88. The first-order valence-electron chi connectivity index (χ1n) is 6.56. The number of aliphatic imine (C=N–C) groups is 1. The molecule has 1 heterocycles. The van der Waals surface area contributed by atoms with Gasteiger partial charge in [0, 0.05) is 24.8 Å². The Morgan fingerprint density at radius 1 is 1.46 bits per heavy atom. The maximum atomic E-state index is 14.2. The van der Waals surface area contributed by atoms with Crippen molar-refractivity contribution in [3.63, 3.8) is 0 Å². The van der Waals surface area contributed by atoms with Crippen LogP contribution >= 0.6 is 0 Å². The highest BCUT2D eigenvalue weighted by Crippen LogP contribution is 2.43. The Kier molecular flexibility index (Phi) is 4.40. The number of rotatable bonds is 3. The SMILES string of the molecule is CO[C@H]1[C@@H](C(F)(F)F)OC(N)=N[C@]1(C)c1cc([N+](=O)[O-])ccc1F. The summed E-state index contributed by atoms with van der Waals surface area (Å²) in [6, 6.07) is 1.64. The summed E-state index contributed by atoms with van der Waals surface area (Å²) < 4.78 is 63.2. The Balaban J connectivity index is 2.67. The highest BCUT2D eigenvalue weighted by molar-refractivity contribution is 5.73. The van der Waals surface area contributed by atoms with Crippen molar-refractivity contribution >= 4 is 11.7 Å². The maximum absolute atomic E-state index is 14.2. The van der Waals surface area contributed by atoms with Gasteiger partial charge in [-0.1, -0.05) is 0 Å². The molecule has 0 spiro atoms. The zero-order valence-electron chi connectivity index (χ0n) is 12.5. The molecule has 0 amide bonds. The van der Waals surface area contributed by atoms with Crippen LogP contribution in [0.2, 0.25) is 0 Å². The van der Waals surface area contributed by atoms with Crippen molar-refractivity contribution in [3.05, 3.63) is 39.7 Å². The topological polar surface area (TPSA) is 100.0 Å². The van der Waals surface area contributed by atoms with Gasteiger partial charge in [0.25, 0.3) is 11.7 Å². The van der Waals surface area contributed by atoms with Gasteiger partial charge >= 0.3 is 6.18 Å². The second kappa shape index (κ2) is 5.89. The summed E-state index contributed by atoms with van der Waals surface area (Å²) in [6.45, 7) is 1.14. The molecule has 0 fully saturated rings. The number of amidine groups is 1. The molecule has 1 aromatic rings. The molecule has 1 aliphatic heterocycles. The fourth-order valence-corrected chi connectivity index (χ4v) is 2.63. The molecule has 2 rings (SSSR count). The van der Waals surface area contributed by atoms with Crippen LogP contribution in [-0.4, -0.2) is 36.4 Å². The van der Waals surface area contributed by atoms with Crippen molar-refractivity contribution in [3.8, 4) is 0 Å². The predicted molar refractivity (Wildman–Crippen MR) is 73.8 cm³/mol. The third-order valence-electron chi connectivity index (χ3n) is 3.70. The average molecular weight is 351 g/mol. The number of ether oxygens (including phenoxy) is 2. The lowest BCUT2D eigenvalue weighted by Crippen LogP contribution is -2.58. The Morgan fingerprint density at radius 2 is 2.08 bits per heavy atom. The van der Waals surface area contributed by atoms with E-state index < -0.39 is 51.9 Å². The Bertz CT molecular complexity index is 694. The normalized spacial score (nSPS) is 27.3. The van der Waals surface area contributed by atoms with E-state index >= 15 is 0 Å². The molecule has 0 radical (unpaired) electrons. The first-order chi connectivity index (χ1) is 11.0. The lowest BCUT2D eigenvalue weighted by Gasteiger charge is -2.42. The van der Waals surface area contributed by atoms with Crippen LogP contribution in [0.3, 0.4) is 0 Å². The standard InChI is InChI=1S/C13H13F4N3O4/c1-12(7-5-6(20(21)22)3-4-8(7)14)9(23-2)10(13(15,16)17)24-11(18)19-12/h3-5,9-10H,1-2H3,(H2,18,19)/t9-,10-,12+/m0/s1. The van der Waals surface area contributed by atoms with Gasteiger partial charge < -0.3 is 15.2 Å². The molecule has 1 aromatic carbocycles. The van der Waals surface area contributed by atoms with Crippen LogP contribution in [0.25, 0.3) is 0 Å². The quantitative estimate of drug-likeness (QED) is 0.511. The molecule has 0 unspecified atom stereocenters. The van der Waals surface area contributed by atoms with Crippen molar-refractivity contribution < 1.29 is 32.0 Å². The molecule has 11 heteroatoms. The number of methoxy groups -OCH3 is 1. The smallest absolute Gasteiger partial charge is 0.428 e. The number of nitrogens with two attached hydrogens (primary N) is 1. The molecule has 2 N–H and O–H groups in total. The largest absolute Gasteiger partial charge is 0.449 e. The Labute approximate surface area is 133 Å². The van der Waals surface area contributed by atoms with Crippen molar-refractivity contribution in [2.45, 2.75) is 30.8 Å². The van der Waals surface area contributed by atoms with Crippen molar-refractivity contribution in [2.24, 2.45) is 10.7 Å². The van der Waals surface area contributed by atoms with Gasteiger partial charge in [-0.15, -0.1) is 0 Å². The van der Waals surface area contributed by atoms with Crippen LogP contribution in [0.5, 0.6) is 0 Å². The molecule has 7 nitrogen and oxygen atoms in total. The first-order valence-corrected chi connectivity index (χ1v) is 6.56. The van der Waals surface area contributed by atoms with E-state index in [9.17, 15) is 27.7 Å². The Hall–Kier alpha value is -2.43. The van der Waals surface area contributed by atoms with E-state index in [4.69, 9.17) is 10.5 Å². The van der Waals surface area contributed by atoms with Gasteiger partial charge in [0.2, 0.25) is 6.10 Å². The zero-order valence-corrected chi connectivity index (χ0v) is 12.5. The fourth-order valence-electron chi connectivity index (χ4n) is 2.63. The second-order valence-electron chi connectivity index (χ2n) is 5.26. The highest BCUT2D eigenvalue weighted by atomic mass is 19.4. The van der Waals surface area contributed by atoms with E-state index in [1.54, 1.807) is 0 Å². The number of non-ortho nitro benzene ring substituents is 1. The van der Waals surface area contributed by atoms with Crippen LogP contribution in [0.4, 0.5) is 23.2 Å². The number of hydrogen-bond acceptors (Lipinski definition) is 6. The van der Waals surface area contributed by atoms with Gasteiger partial charge in [-0.3, -0.25) is 10.1 Å². The molecule has 24 heavy (non-hydrogen) atoms. The van der Waals surface area contributed by atoms with Crippen molar-refractivity contribution in [1.29, 1.82) is 0 Å². The monoisotopic (exact) mass is 351 g/mol. The molecule has 0 aromatic heterocycles. The minimum Gasteiger partial charge on any atom is -0.449 e. The molecule has 0 bridgehead atoms. The summed E-state index contributed by atoms with van der Waals surface area (Å²) >= 11 is 0. The van der Waals surface area contributed by atoms with Crippen LogP contribution in [0, 0.1) is 15.9 Å². The van der Waals surface area contributed by atoms with Crippen LogP contribution in [0.15, 0.2) is 23.2 Å². The van der Waals surface area contributed by atoms with Crippen molar-refractivity contribution in [1.82, 2.24) is 0 Å². The zero-order chi connectivity index (χ0) is 18.3. The lowest BCUT2D eigenvalue weighted by molar-refractivity contribution is -0.385. The average Bonchev–Trinajstić information content (AvgIpc) is 2.45. The van der Waals surface area contributed by atoms with E-state index in [-0.39, 0.29) is 0 Å². The predicted octanol–water partition coefficient (Wildman–Crippen LogP) is 2.24. The molecule has 132 valence electrons. The summed E-state index contributed by atoms with van der Waals surface area (Å²) in [6.07, 6.45) is -9.19. The van der Waals surface area contributed by atoms with E-state index in [0.717, 1.165) is 32.2 Å². The third-order valence-corrected chi connectivity index (χ3v) is 3.70. The molecule has 1 aliphatic rings. The first kappa shape index (κ1) is 17.9. The number of hydrogen-bond donors (Lipinski definition) is 1. The summed E-state index contributed by atoms with van der Waals surface area (Å²) in [5.74, 6) is -0.982. The van der Waals surface area contributed by atoms with Gasteiger partial charge in [0.1, 0.15) is 17.5 Å². The van der Waals surface area contributed by atoms with E-state index in [2.05, 4.69) is 9.73 Å². The van der Waals surface area contributed by atoms with Gasteiger partial charge in [0.05, 0.1) is 4.92 Å². The summed E-state index contributed by atoms with van der Waals surface area (Å²) in [4.78, 5) is 13.8. The number of halogens is 4. The number of alkyl halides is 3. The van der Waals surface area contributed by atoms with Crippen LogP contribution < -0.4 is 5.73 Å². The molecular weight excluding hydrogens is 338 g/mol. The van der Waals surface area contributed by atoms with Gasteiger partial charge in [-0.25, -0.2) is 9.38 Å². The number of nitro groups is 1. The highest BCUT2D eigenvalue weighted by Gasteiger charge is 2.58. The van der Waals surface area contributed by atoms with Crippen molar-refractivity contribution in [2.75, 3.05) is 7.11 Å². The van der Waals surface area contributed by atoms with Gasteiger partial charge in [-0.2, -0.15) is 13.2 Å².